The van der Waals surface area contributed by atoms with Gasteiger partial charge in [0.1, 0.15) is 5.75 Å². The first kappa shape index (κ1) is 21.0. The second-order valence-electron chi connectivity index (χ2n) is 6.02. The number of ether oxygens (including phenoxy) is 1. The lowest BCUT2D eigenvalue weighted by molar-refractivity contribution is 0.376. The van der Waals surface area contributed by atoms with Gasteiger partial charge < -0.3 is 10.1 Å². The van der Waals surface area contributed by atoms with E-state index in [4.69, 9.17) is 16.3 Å². The molecule has 144 valence electrons. The molecule has 10 heteroatoms. The smallest absolute Gasteiger partial charge is 0.259 e. The van der Waals surface area contributed by atoms with E-state index in [9.17, 15) is 8.42 Å². The molecule has 2 atom stereocenters. The fourth-order valence-electron chi connectivity index (χ4n) is 3.19. The summed E-state index contributed by atoms with van der Waals surface area (Å²) in [4.78, 5) is 0. The second kappa shape index (κ2) is 8.58. The SMILES string of the molecule is COc1ccc(C2CCNCC2NS(=O)(=O)c2c(Cl)cnn2C)cc1.Cl. The molecular formula is C16H22Cl2N4O3S. The molecule has 2 heterocycles. The van der Waals surface area contributed by atoms with Crippen LogP contribution in [0.2, 0.25) is 5.02 Å². The summed E-state index contributed by atoms with van der Waals surface area (Å²) < 4.78 is 34.8. The molecule has 0 spiro atoms. The van der Waals surface area contributed by atoms with Crippen molar-refractivity contribution in [3.63, 3.8) is 0 Å². The molecule has 7 nitrogen and oxygen atoms in total. The highest BCUT2D eigenvalue weighted by molar-refractivity contribution is 7.89. The largest absolute Gasteiger partial charge is 0.497 e. The minimum Gasteiger partial charge on any atom is -0.497 e. The van der Waals surface area contributed by atoms with Crippen LogP contribution in [-0.2, 0) is 17.1 Å². The van der Waals surface area contributed by atoms with E-state index in [1.807, 2.05) is 24.3 Å². The van der Waals surface area contributed by atoms with Crippen LogP contribution in [0.5, 0.6) is 5.75 Å². The molecule has 0 saturated carbocycles. The summed E-state index contributed by atoms with van der Waals surface area (Å²) >= 11 is 6.00. The third-order valence-electron chi connectivity index (χ3n) is 4.43. The molecule has 1 aliphatic rings. The average molecular weight is 421 g/mol. The molecule has 0 aliphatic carbocycles. The fourth-order valence-corrected chi connectivity index (χ4v) is 5.12. The number of aromatic nitrogens is 2. The van der Waals surface area contributed by atoms with Crippen LogP contribution in [0.3, 0.4) is 0 Å². The maximum Gasteiger partial charge on any atom is 0.259 e. The number of aryl methyl sites for hydroxylation is 1. The maximum atomic E-state index is 12.8. The highest BCUT2D eigenvalue weighted by Gasteiger charge is 2.32. The number of nitrogens with one attached hydrogen (secondary N) is 2. The molecule has 1 aromatic carbocycles. The Bertz CT molecular complexity index is 820. The van der Waals surface area contributed by atoms with Crippen molar-refractivity contribution in [1.82, 2.24) is 19.8 Å². The van der Waals surface area contributed by atoms with Gasteiger partial charge >= 0.3 is 0 Å². The van der Waals surface area contributed by atoms with Crippen LogP contribution in [-0.4, -0.2) is 44.4 Å². The standard InChI is InChI=1S/C16H21ClN4O3S.ClH/c1-21-16(14(17)9-19-21)25(22,23)20-15-10-18-8-7-13(15)11-3-5-12(24-2)6-4-11;/h3-6,9,13,15,18,20H,7-8,10H2,1-2H3;1H. The zero-order valence-corrected chi connectivity index (χ0v) is 16.9. The van der Waals surface area contributed by atoms with Crippen molar-refractivity contribution >= 4 is 34.0 Å². The molecule has 3 rings (SSSR count). The van der Waals surface area contributed by atoms with Crippen LogP contribution >= 0.6 is 24.0 Å². The van der Waals surface area contributed by atoms with Gasteiger partial charge in [-0.2, -0.15) is 5.10 Å². The number of halogens is 2. The Morgan fingerprint density at radius 3 is 2.62 bits per heavy atom. The van der Waals surface area contributed by atoms with Gasteiger partial charge in [-0.15, -0.1) is 12.4 Å². The first-order valence-corrected chi connectivity index (χ1v) is 9.83. The monoisotopic (exact) mass is 420 g/mol. The van der Waals surface area contributed by atoms with Crippen LogP contribution in [0, 0.1) is 0 Å². The first-order valence-electron chi connectivity index (χ1n) is 7.97. The van der Waals surface area contributed by atoms with Gasteiger partial charge in [-0.3, -0.25) is 4.68 Å². The lowest BCUT2D eigenvalue weighted by atomic mass is 9.86. The van der Waals surface area contributed by atoms with Crippen molar-refractivity contribution in [2.45, 2.75) is 23.4 Å². The number of benzene rings is 1. The van der Waals surface area contributed by atoms with Gasteiger partial charge in [0.05, 0.1) is 18.3 Å². The van der Waals surface area contributed by atoms with Crippen molar-refractivity contribution in [2.75, 3.05) is 20.2 Å². The molecule has 26 heavy (non-hydrogen) atoms. The number of nitrogens with zero attached hydrogens (tertiary/aromatic N) is 2. The lowest BCUT2D eigenvalue weighted by Gasteiger charge is -2.33. The highest BCUT2D eigenvalue weighted by atomic mass is 35.5. The van der Waals surface area contributed by atoms with Crippen molar-refractivity contribution in [2.24, 2.45) is 7.05 Å². The lowest BCUT2D eigenvalue weighted by Crippen LogP contribution is -2.50. The van der Waals surface area contributed by atoms with Crippen LogP contribution in [0.1, 0.15) is 17.9 Å². The zero-order chi connectivity index (χ0) is 18.0. The first-order chi connectivity index (χ1) is 11.9. The van der Waals surface area contributed by atoms with Crippen LogP contribution in [0.25, 0.3) is 0 Å². The van der Waals surface area contributed by atoms with Gasteiger partial charge in [-0.25, -0.2) is 13.1 Å². The summed E-state index contributed by atoms with van der Waals surface area (Å²) in [6, 6.07) is 7.46. The number of hydrogen-bond donors (Lipinski definition) is 2. The van der Waals surface area contributed by atoms with E-state index < -0.39 is 10.0 Å². The number of rotatable bonds is 5. The normalized spacial score (nSPS) is 20.4. The Balaban J connectivity index is 0.00000243. The highest BCUT2D eigenvalue weighted by Crippen LogP contribution is 2.29. The average Bonchev–Trinajstić information content (AvgIpc) is 2.94. The molecule has 1 fully saturated rings. The van der Waals surface area contributed by atoms with Gasteiger partial charge in [-0.1, -0.05) is 23.7 Å². The zero-order valence-electron chi connectivity index (χ0n) is 14.5. The van der Waals surface area contributed by atoms with Crippen molar-refractivity contribution < 1.29 is 13.2 Å². The minimum absolute atomic E-state index is 0. The van der Waals surface area contributed by atoms with E-state index in [1.165, 1.54) is 10.9 Å². The Morgan fingerprint density at radius 1 is 1.35 bits per heavy atom. The third-order valence-corrected chi connectivity index (χ3v) is 6.42. The van der Waals surface area contributed by atoms with Gasteiger partial charge in [0.2, 0.25) is 0 Å². The summed E-state index contributed by atoms with van der Waals surface area (Å²) in [6.07, 6.45) is 2.16. The minimum atomic E-state index is -3.78. The van der Waals surface area contributed by atoms with E-state index in [-0.39, 0.29) is 34.4 Å². The van der Waals surface area contributed by atoms with Crippen LogP contribution in [0.4, 0.5) is 0 Å². The van der Waals surface area contributed by atoms with Crippen molar-refractivity contribution in [1.29, 1.82) is 0 Å². The number of sulfonamides is 1. The van der Waals surface area contributed by atoms with E-state index in [0.29, 0.717) is 6.54 Å². The summed E-state index contributed by atoms with van der Waals surface area (Å²) in [6.45, 7) is 1.38. The topological polar surface area (TPSA) is 85.2 Å². The maximum absolute atomic E-state index is 12.8. The Morgan fingerprint density at radius 2 is 2.04 bits per heavy atom. The molecule has 0 bridgehead atoms. The molecule has 2 aromatic rings. The van der Waals surface area contributed by atoms with Gasteiger partial charge in [0.15, 0.2) is 5.03 Å². The van der Waals surface area contributed by atoms with Gasteiger partial charge in [-0.05, 0) is 30.7 Å². The Kier molecular flexibility index (Phi) is 6.92. The molecule has 1 aliphatic heterocycles. The van der Waals surface area contributed by atoms with Crippen LogP contribution in [0.15, 0.2) is 35.5 Å². The molecule has 0 amide bonds. The summed E-state index contributed by atoms with van der Waals surface area (Å²) in [5.74, 6) is 0.838. The fraction of sp³-hybridized carbons (Fsp3) is 0.438. The Hall–Kier alpha value is -1.32. The summed E-state index contributed by atoms with van der Waals surface area (Å²) in [5, 5.41) is 7.25. The second-order valence-corrected chi connectivity index (χ2v) is 8.06. The molecular weight excluding hydrogens is 399 g/mol. The summed E-state index contributed by atoms with van der Waals surface area (Å²) in [7, 11) is -0.603. The molecule has 1 aromatic heterocycles. The Labute approximate surface area is 164 Å². The molecule has 1 saturated heterocycles. The van der Waals surface area contributed by atoms with E-state index in [2.05, 4.69) is 15.1 Å². The van der Waals surface area contributed by atoms with Crippen molar-refractivity contribution in [3.05, 3.63) is 41.0 Å². The molecule has 2 N–H and O–H groups in total. The van der Waals surface area contributed by atoms with Gasteiger partial charge in [0.25, 0.3) is 10.0 Å². The number of piperidine rings is 1. The van der Waals surface area contributed by atoms with Gasteiger partial charge in [0, 0.05) is 25.6 Å². The van der Waals surface area contributed by atoms with E-state index in [0.717, 1.165) is 24.3 Å². The predicted molar refractivity (Wildman–Crippen MR) is 103 cm³/mol. The molecule has 2 unspecified atom stereocenters. The molecule has 0 radical (unpaired) electrons. The quantitative estimate of drug-likeness (QED) is 0.771. The van der Waals surface area contributed by atoms with Crippen molar-refractivity contribution in [3.8, 4) is 5.75 Å². The third kappa shape index (κ3) is 4.32. The number of hydrogen-bond acceptors (Lipinski definition) is 5. The van der Waals surface area contributed by atoms with Crippen LogP contribution < -0.4 is 14.8 Å². The predicted octanol–water partition coefficient (Wildman–Crippen LogP) is 1.93. The summed E-state index contributed by atoms with van der Waals surface area (Å²) in [5.41, 5.74) is 1.08. The van der Waals surface area contributed by atoms with E-state index >= 15 is 0 Å². The number of methoxy groups -OCH3 is 1. The van der Waals surface area contributed by atoms with E-state index in [1.54, 1.807) is 14.2 Å².